The first-order valence-corrected chi connectivity index (χ1v) is 12.3. The molecule has 2 aromatic heterocycles. The molecular formula is C29H29N3O5. The molecule has 3 heterocycles. The molecule has 1 aliphatic heterocycles. The van der Waals surface area contributed by atoms with Crippen molar-refractivity contribution in [2.75, 3.05) is 32.9 Å². The van der Waals surface area contributed by atoms with Gasteiger partial charge in [0.05, 0.1) is 24.3 Å². The maximum atomic E-state index is 13.0. The van der Waals surface area contributed by atoms with E-state index < -0.39 is 5.97 Å². The Labute approximate surface area is 215 Å². The van der Waals surface area contributed by atoms with Gasteiger partial charge in [-0.25, -0.2) is 9.78 Å². The van der Waals surface area contributed by atoms with Crippen LogP contribution in [0.3, 0.4) is 0 Å². The molecule has 1 fully saturated rings. The van der Waals surface area contributed by atoms with Crippen LogP contribution >= 0.6 is 0 Å². The molecule has 190 valence electrons. The first kappa shape index (κ1) is 24.7. The van der Waals surface area contributed by atoms with Crippen LogP contribution in [0.15, 0.2) is 71.1 Å². The predicted molar refractivity (Wildman–Crippen MR) is 139 cm³/mol. The molecule has 1 aliphatic rings. The minimum atomic E-state index is -0.592. The van der Waals surface area contributed by atoms with Gasteiger partial charge in [0.15, 0.2) is 12.4 Å². The van der Waals surface area contributed by atoms with Crippen LogP contribution in [0.25, 0.3) is 22.4 Å². The highest BCUT2D eigenvalue weighted by Gasteiger charge is 2.18. The SMILES string of the molecule is Cc1ccc(-c2cc(C(=O)OCC(=O)NCc3ccccc3CN3CCOCC3)c3ccccc3n2)o1. The number of benzene rings is 2. The van der Waals surface area contributed by atoms with Crippen molar-refractivity contribution in [3.63, 3.8) is 0 Å². The Morgan fingerprint density at radius 1 is 1.00 bits per heavy atom. The van der Waals surface area contributed by atoms with E-state index in [1.165, 1.54) is 0 Å². The summed E-state index contributed by atoms with van der Waals surface area (Å²) in [6.07, 6.45) is 0. The van der Waals surface area contributed by atoms with Crippen LogP contribution in [0.1, 0.15) is 27.2 Å². The van der Waals surface area contributed by atoms with E-state index in [-0.39, 0.29) is 12.5 Å². The van der Waals surface area contributed by atoms with E-state index in [0.29, 0.717) is 34.5 Å². The third-order valence-corrected chi connectivity index (χ3v) is 6.36. The van der Waals surface area contributed by atoms with E-state index in [1.807, 2.05) is 61.5 Å². The minimum Gasteiger partial charge on any atom is -0.460 e. The number of para-hydroxylation sites is 1. The number of ether oxygens (including phenoxy) is 2. The van der Waals surface area contributed by atoms with E-state index in [0.717, 1.165) is 49.7 Å². The zero-order valence-electron chi connectivity index (χ0n) is 20.7. The van der Waals surface area contributed by atoms with E-state index in [2.05, 4.69) is 21.3 Å². The Bertz CT molecular complexity index is 1410. The molecule has 0 aliphatic carbocycles. The lowest BCUT2D eigenvalue weighted by Crippen LogP contribution is -2.36. The lowest BCUT2D eigenvalue weighted by Gasteiger charge is -2.27. The largest absolute Gasteiger partial charge is 0.460 e. The smallest absolute Gasteiger partial charge is 0.339 e. The zero-order valence-corrected chi connectivity index (χ0v) is 20.7. The number of aromatic nitrogens is 1. The monoisotopic (exact) mass is 499 g/mol. The molecule has 4 aromatic rings. The first-order chi connectivity index (χ1) is 18.1. The van der Waals surface area contributed by atoms with Crippen molar-refractivity contribution in [2.45, 2.75) is 20.0 Å². The van der Waals surface area contributed by atoms with Gasteiger partial charge >= 0.3 is 5.97 Å². The number of amides is 1. The van der Waals surface area contributed by atoms with Gasteiger partial charge in [0.25, 0.3) is 5.91 Å². The summed E-state index contributed by atoms with van der Waals surface area (Å²) in [7, 11) is 0. The number of furan rings is 1. The first-order valence-electron chi connectivity index (χ1n) is 12.3. The molecule has 8 heteroatoms. The Kier molecular flexibility index (Phi) is 7.58. The highest BCUT2D eigenvalue weighted by molar-refractivity contribution is 6.05. The molecule has 0 spiro atoms. The van der Waals surface area contributed by atoms with Crippen molar-refractivity contribution < 1.29 is 23.5 Å². The number of esters is 1. The summed E-state index contributed by atoms with van der Waals surface area (Å²) in [5.41, 5.74) is 3.69. The van der Waals surface area contributed by atoms with Crippen LogP contribution in [-0.4, -0.2) is 54.7 Å². The summed E-state index contributed by atoms with van der Waals surface area (Å²) in [4.78, 5) is 32.5. The summed E-state index contributed by atoms with van der Waals surface area (Å²) in [6.45, 7) is 5.88. The van der Waals surface area contributed by atoms with Crippen LogP contribution in [0.2, 0.25) is 0 Å². The topological polar surface area (TPSA) is 93.9 Å². The van der Waals surface area contributed by atoms with Crippen molar-refractivity contribution in [3.05, 3.63) is 89.2 Å². The number of nitrogens with one attached hydrogen (secondary N) is 1. The number of rotatable bonds is 8. The fraction of sp³-hybridized carbons (Fsp3) is 0.276. The number of aryl methyl sites for hydroxylation is 1. The average molecular weight is 500 g/mol. The molecule has 0 saturated carbocycles. The van der Waals surface area contributed by atoms with Crippen molar-refractivity contribution in [1.29, 1.82) is 0 Å². The molecular weight excluding hydrogens is 470 g/mol. The van der Waals surface area contributed by atoms with E-state index in [1.54, 1.807) is 6.07 Å². The lowest BCUT2D eigenvalue weighted by atomic mass is 10.1. The van der Waals surface area contributed by atoms with E-state index in [4.69, 9.17) is 13.9 Å². The Morgan fingerprint density at radius 3 is 2.54 bits per heavy atom. The van der Waals surface area contributed by atoms with Crippen molar-refractivity contribution in [3.8, 4) is 11.5 Å². The molecule has 1 N–H and O–H groups in total. The number of carbonyl (C=O) groups is 2. The second-order valence-corrected chi connectivity index (χ2v) is 8.99. The van der Waals surface area contributed by atoms with Crippen molar-refractivity contribution in [2.24, 2.45) is 0 Å². The van der Waals surface area contributed by atoms with Gasteiger partial charge in [0.2, 0.25) is 0 Å². The summed E-state index contributed by atoms with van der Waals surface area (Å²) in [5.74, 6) is 0.351. The average Bonchev–Trinajstić information content (AvgIpc) is 3.37. The summed E-state index contributed by atoms with van der Waals surface area (Å²) in [6, 6.07) is 20.6. The highest BCUT2D eigenvalue weighted by atomic mass is 16.5. The normalized spacial score (nSPS) is 14.0. The summed E-state index contributed by atoms with van der Waals surface area (Å²) >= 11 is 0. The number of nitrogens with zero attached hydrogens (tertiary/aromatic N) is 2. The lowest BCUT2D eigenvalue weighted by molar-refractivity contribution is -0.124. The number of hydrogen-bond donors (Lipinski definition) is 1. The second-order valence-electron chi connectivity index (χ2n) is 8.99. The van der Waals surface area contributed by atoms with Gasteiger partial charge in [-0.3, -0.25) is 9.69 Å². The number of morpholine rings is 1. The molecule has 37 heavy (non-hydrogen) atoms. The third kappa shape index (κ3) is 6.04. The van der Waals surface area contributed by atoms with E-state index >= 15 is 0 Å². The van der Waals surface area contributed by atoms with Gasteiger partial charge in [-0.05, 0) is 42.3 Å². The van der Waals surface area contributed by atoms with Gasteiger partial charge in [-0.1, -0.05) is 42.5 Å². The van der Waals surface area contributed by atoms with Crippen LogP contribution < -0.4 is 5.32 Å². The van der Waals surface area contributed by atoms with Crippen LogP contribution in [0.4, 0.5) is 0 Å². The van der Waals surface area contributed by atoms with Gasteiger partial charge in [-0.15, -0.1) is 0 Å². The molecule has 0 atom stereocenters. The maximum absolute atomic E-state index is 13.0. The van der Waals surface area contributed by atoms with Gasteiger partial charge in [0, 0.05) is 31.6 Å². The summed E-state index contributed by atoms with van der Waals surface area (Å²) < 4.78 is 16.5. The number of pyridine rings is 1. The number of hydrogen-bond acceptors (Lipinski definition) is 7. The molecule has 2 aromatic carbocycles. The molecule has 8 nitrogen and oxygen atoms in total. The quantitative estimate of drug-likeness (QED) is 0.365. The van der Waals surface area contributed by atoms with Crippen molar-refractivity contribution in [1.82, 2.24) is 15.2 Å². The zero-order chi connectivity index (χ0) is 25.6. The van der Waals surface area contributed by atoms with Crippen LogP contribution in [0, 0.1) is 6.92 Å². The van der Waals surface area contributed by atoms with Crippen molar-refractivity contribution >= 4 is 22.8 Å². The van der Waals surface area contributed by atoms with Crippen LogP contribution in [0.5, 0.6) is 0 Å². The number of fused-ring (bicyclic) bond motifs is 1. The molecule has 1 amide bonds. The second kappa shape index (κ2) is 11.4. The summed E-state index contributed by atoms with van der Waals surface area (Å²) in [5, 5.41) is 3.52. The molecule has 5 rings (SSSR count). The fourth-order valence-corrected chi connectivity index (χ4v) is 4.38. The minimum absolute atomic E-state index is 0.332. The molecule has 1 saturated heterocycles. The molecule has 0 bridgehead atoms. The maximum Gasteiger partial charge on any atom is 0.339 e. The standard InChI is InChI=1S/C29H29N3O5/c1-20-10-11-27(37-20)26-16-24(23-8-4-5-9-25(23)31-26)29(34)36-19-28(33)30-17-21-6-2-3-7-22(21)18-32-12-14-35-15-13-32/h2-11,16H,12-15,17-19H2,1H3,(H,30,33). The highest BCUT2D eigenvalue weighted by Crippen LogP contribution is 2.26. The number of carbonyl (C=O) groups excluding carboxylic acids is 2. The van der Waals surface area contributed by atoms with Gasteiger partial charge in [-0.2, -0.15) is 0 Å². The predicted octanol–water partition coefficient (Wildman–Crippen LogP) is 4.11. The molecule has 0 radical (unpaired) electrons. The Balaban J connectivity index is 1.23. The Morgan fingerprint density at radius 2 is 1.76 bits per heavy atom. The third-order valence-electron chi connectivity index (χ3n) is 6.36. The van der Waals surface area contributed by atoms with E-state index in [9.17, 15) is 9.59 Å². The Hall–Kier alpha value is -4.01. The van der Waals surface area contributed by atoms with Gasteiger partial charge < -0.3 is 19.2 Å². The fourth-order valence-electron chi connectivity index (χ4n) is 4.38. The van der Waals surface area contributed by atoms with Gasteiger partial charge in [0.1, 0.15) is 11.5 Å². The van der Waals surface area contributed by atoms with Crippen LogP contribution in [-0.2, 0) is 27.4 Å². The molecule has 0 unspecified atom stereocenters.